The number of para-hydroxylation sites is 1. The topological polar surface area (TPSA) is 30.2 Å². The van der Waals surface area contributed by atoms with Crippen LogP contribution in [-0.2, 0) is 0 Å². The van der Waals surface area contributed by atoms with Crippen molar-refractivity contribution in [3.8, 4) is 0 Å². The first-order chi connectivity index (χ1) is 7.11. The molecule has 1 aromatic carbocycles. The van der Waals surface area contributed by atoms with Crippen LogP contribution in [0, 0.1) is 0 Å². The van der Waals surface area contributed by atoms with Crippen molar-refractivity contribution >= 4 is 22.6 Å². The fraction of sp³-hybridized carbons (Fsp3) is 0.100. The van der Waals surface area contributed by atoms with Crippen LogP contribution in [0.2, 0.25) is 5.02 Å². The zero-order valence-electron chi connectivity index (χ0n) is 7.34. The fourth-order valence-corrected chi connectivity index (χ4v) is 1.63. The monoisotopic (exact) mass is 230 g/mol. The Labute approximate surface area is 88.1 Å². The molecule has 2 aromatic rings. The van der Waals surface area contributed by atoms with Crippen molar-refractivity contribution in [3.63, 3.8) is 0 Å². The second-order valence-corrected chi connectivity index (χ2v) is 3.29. The van der Waals surface area contributed by atoms with Crippen LogP contribution in [0.15, 0.2) is 33.5 Å². The number of benzene rings is 1. The molecule has 0 fully saturated rings. The van der Waals surface area contributed by atoms with Gasteiger partial charge in [-0.25, -0.2) is 13.6 Å². The predicted octanol–water partition coefficient (Wildman–Crippen LogP) is 3.38. The summed E-state index contributed by atoms with van der Waals surface area (Å²) in [5.74, 6) is 0. The Balaban J connectivity index is 2.90. The molecular weight excluding hydrogens is 226 g/mol. The second-order valence-electron chi connectivity index (χ2n) is 2.91. The second kappa shape index (κ2) is 3.62. The molecule has 0 atom stereocenters. The Morgan fingerprint density at radius 1 is 1.27 bits per heavy atom. The van der Waals surface area contributed by atoms with E-state index in [0.717, 1.165) is 0 Å². The first-order valence-electron chi connectivity index (χ1n) is 4.10. The lowest BCUT2D eigenvalue weighted by Gasteiger charge is -2.03. The van der Waals surface area contributed by atoms with Gasteiger partial charge in [0.15, 0.2) is 0 Å². The highest BCUT2D eigenvalue weighted by Gasteiger charge is 2.20. The molecule has 15 heavy (non-hydrogen) atoms. The van der Waals surface area contributed by atoms with E-state index in [2.05, 4.69) is 0 Å². The van der Waals surface area contributed by atoms with Gasteiger partial charge >= 0.3 is 5.63 Å². The van der Waals surface area contributed by atoms with Gasteiger partial charge in [-0.2, -0.15) is 0 Å². The molecule has 2 nitrogen and oxygen atoms in total. The van der Waals surface area contributed by atoms with E-state index < -0.39 is 17.6 Å². The van der Waals surface area contributed by atoms with Gasteiger partial charge in [-0.1, -0.05) is 23.7 Å². The third-order valence-corrected chi connectivity index (χ3v) is 2.41. The molecule has 0 spiro atoms. The number of hydrogen-bond acceptors (Lipinski definition) is 2. The number of hydrogen-bond donors (Lipinski definition) is 0. The van der Waals surface area contributed by atoms with Crippen LogP contribution in [0.25, 0.3) is 11.0 Å². The molecule has 1 aromatic heterocycles. The first-order valence-corrected chi connectivity index (χ1v) is 4.48. The molecule has 2 rings (SSSR count). The van der Waals surface area contributed by atoms with Crippen molar-refractivity contribution in [1.82, 2.24) is 0 Å². The summed E-state index contributed by atoms with van der Waals surface area (Å²) in [7, 11) is 0. The lowest BCUT2D eigenvalue weighted by atomic mass is 10.2. The molecule has 0 radical (unpaired) electrons. The molecule has 0 unspecified atom stereocenters. The Morgan fingerprint density at radius 2 is 1.93 bits per heavy atom. The largest absolute Gasteiger partial charge is 0.422 e. The van der Waals surface area contributed by atoms with Crippen LogP contribution in [0.3, 0.4) is 0 Å². The van der Waals surface area contributed by atoms with Gasteiger partial charge in [0.1, 0.15) is 11.1 Å². The van der Waals surface area contributed by atoms with Gasteiger partial charge in [-0.15, -0.1) is 0 Å². The summed E-state index contributed by atoms with van der Waals surface area (Å²) >= 11 is 5.70. The molecule has 0 aliphatic carbocycles. The molecule has 0 saturated heterocycles. The maximum Gasteiger partial charge on any atom is 0.346 e. The lowest BCUT2D eigenvalue weighted by molar-refractivity contribution is 0.147. The summed E-state index contributed by atoms with van der Waals surface area (Å²) in [4.78, 5) is 11.2. The van der Waals surface area contributed by atoms with Gasteiger partial charge in [0.2, 0.25) is 0 Å². The van der Waals surface area contributed by atoms with Crippen molar-refractivity contribution in [2.45, 2.75) is 6.43 Å². The minimum absolute atomic E-state index is 0.205. The van der Waals surface area contributed by atoms with E-state index in [9.17, 15) is 13.6 Å². The maximum atomic E-state index is 12.5. The average Bonchev–Trinajstić information content (AvgIpc) is 2.17. The van der Waals surface area contributed by atoms with Gasteiger partial charge < -0.3 is 4.42 Å². The molecule has 1 heterocycles. The van der Waals surface area contributed by atoms with Crippen LogP contribution in [0.1, 0.15) is 12.0 Å². The van der Waals surface area contributed by atoms with Crippen LogP contribution >= 0.6 is 11.6 Å². The lowest BCUT2D eigenvalue weighted by Crippen LogP contribution is -2.08. The van der Waals surface area contributed by atoms with Crippen molar-refractivity contribution < 1.29 is 13.2 Å². The quantitative estimate of drug-likeness (QED) is 0.703. The summed E-state index contributed by atoms with van der Waals surface area (Å²) in [5, 5.41) is 0.0749. The van der Waals surface area contributed by atoms with Crippen LogP contribution in [0.4, 0.5) is 8.78 Å². The molecule has 78 valence electrons. The highest BCUT2D eigenvalue weighted by Crippen LogP contribution is 2.30. The van der Waals surface area contributed by atoms with Crippen LogP contribution in [0.5, 0.6) is 0 Å². The zero-order valence-corrected chi connectivity index (χ0v) is 8.09. The minimum atomic E-state index is -2.93. The molecule has 0 aliphatic rings. The van der Waals surface area contributed by atoms with E-state index in [4.69, 9.17) is 16.0 Å². The van der Waals surface area contributed by atoms with E-state index >= 15 is 0 Å². The molecule has 0 bridgehead atoms. The first kappa shape index (κ1) is 10.1. The Hall–Kier alpha value is -1.42. The van der Waals surface area contributed by atoms with Crippen molar-refractivity contribution in [2.75, 3.05) is 0 Å². The Kier molecular flexibility index (Phi) is 2.44. The summed E-state index contributed by atoms with van der Waals surface area (Å²) in [6, 6.07) is 6.28. The fourth-order valence-electron chi connectivity index (χ4n) is 1.31. The number of alkyl halides is 2. The van der Waals surface area contributed by atoms with Crippen LogP contribution in [-0.4, -0.2) is 0 Å². The summed E-state index contributed by atoms with van der Waals surface area (Å²) in [5.41, 5.74) is -1.67. The van der Waals surface area contributed by atoms with Gasteiger partial charge in [-0.05, 0) is 12.1 Å². The van der Waals surface area contributed by atoms with Crippen molar-refractivity contribution in [2.24, 2.45) is 0 Å². The zero-order chi connectivity index (χ0) is 11.0. The average molecular weight is 231 g/mol. The molecule has 0 amide bonds. The molecule has 0 aliphatic heterocycles. The van der Waals surface area contributed by atoms with E-state index in [-0.39, 0.29) is 10.6 Å². The Bertz CT molecular complexity index is 563. The van der Waals surface area contributed by atoms with E-state index in [1.54, 1.807) is 12.1 Å². The summed E-state index contributed by atoms with van der Waals surface area (Å²) in [6.45, 7) is 0. The standard InChI is InChI=1S/C10H5ClF2O2/c11-8-5-3-1-2-4-6(5)15-10(14)7(8)9(12)13/h1-4,9H. The summed E-state index contributed by atoms with van der Waals surface area (Å²) in [6.07, 6.45) is -2.93. The normalized spacial score (nSPS) is 11.2. The minimum Gasteiger partial charge on any atom is -0.422 e. The number of rotatable bonds is 1. The van der Waals surface area contributed by atoms with E-state index in [1.165, 1.54) is 12.1 Å². The third kappa shape index (κ3) is 1.61. The van der Waals surface area contributed by atoms with E-state index in [0.29, 0.717) is 5.39 Å². The van der Waals surface area contributed by atoms with Gasteiger partial charge in [0.25, 0.3) is 6.43 Å². The van der Waals surface area contributed by atoms with Crippen molar-refractivity contribution in [3.05, 3.63) is 45.3 Å². The Morgan fingerprint density at radius 3 is 2.60 bits per heavy atom. The summed E-state index contributed by atoms with van der Waals surface area (Å²) < 4.78 is 29.7. The molecular formula is C10H5ClF2O2. The predicted molar refractivity (Wildman–Crippen MR) is 52.5 cm³/mol. The highest BCUT2D eigenvalue weighted by molar-refractivity contribution is 6.36. The van der Waals surface area contributed by atoms with Crippen molar-refractivity contribution in [1.29, 1.82) is 0 Å². The van der Waals surface area contributed by atoms with Crippen LogP contribution < -0.4 is 5.63 Å². The highest BCUT2D eigenvalue weighted by atomic mass is 35.5. The molecule has 0 saturated carbocycles. The van der Waals surface area contributed by atoms with Gasteiger partial charge in [-0.3, -0.25) is 0 Å². The van der Waals surface area contributed by atoms with E-state index in [1.807, 2.05) is 0 Å². The SMILES string of the molecule is O=c1oc2ccccc2c(Cl)c1C(F)F. The number of fused-ring (bicyclic) bond motifs is 1. The smallest absolute Gasteiger partial charge is 0.346 e. The van der Waals surface area contributed by atoms with Gasteiger partial charge in [0.05, 0.1) is 5.02 Å². The maximum absolute atomic E-state index is 12.5. The third-order valence-electron chi connectivity index (χ3n) is 2.00. The number of halogens is 3. The van der Waals surface area contributed by atoms with Gasteiger partial charge in [0, 0.05) is 5.39 Å². The molecule has 5 heteroatoms. The molecule has 0 N–H and O–H groups in total.